The van der Waals surface area contributed by atoms with Crippen molar-refractivity contribution in [3.05, 3.63) is 46.2 Å². The van der Waals surface area contributed by atoms with Crippen molar-refractivity contribution in [1.82, 2.24) is 9.97 Å². The Hall–Kier alpha value is -1.93. The highest BCUT2D eigenvalue weighted by Crippen LogP contribution is 2.19. The molecule has 1 aromatic heterocycles. The monoisotopic (exact) mass is 381 g/mol. The van der Waals surface area contributed by atoms with Crippen LogP contribution in [0.2, 0.25) is 0 Å². The van der Waals surface area contributed by atoms with Crippen LogP contribution in [0.1, 0.15) is 20.8 Å². The Labute approximate surface area is 139 Å². The quantitative estimate of drug-likeness (QED) is 0.498. The minimum Gasteiger partial charge on any atom is -0.465 e. The molecule has 0 spiro atoms. The summed E-state index contributed by atoms with van der Waals surface area (Å²) in [6.07, 6.45) is 3.37. The Morgan fingerprint density at radius 2 is 1.95 bits per heavy atom. The number of benzene rings is 1. The molecule has 0 fully saturated rings. The van der Waals surface area contributed by atoms with Crippen LogP contribution in [0.5, 0.6) is 0 Å². The number of nitrogens with one attached hydrogen (secondary N) is 1. The highest BCUT2D eigenvalue weighted by molar-refractivity contribution is 9.10. The first-order chi connectivity index (χ1) is 10.5. The number of ether oxygens (including phenoxy) is 1. The molecule has 0 aliphatic heterocycles. The third-order valence-corrected chi connectivity index (χ3v) is 3.83. The summed E-state index contributed by atoms with van der Waals surface area (Å²) in [5, 5.41) is 3.22. The van der Waals surface area contributed by atoms with Gasteiger partial charge >= 0.3 is 5.97 Å². The number of esters is 1. The van der Waals surface area contributed by atoms with E-state index in [9.17, 15) is 9.59 Å². The molecule has 0 bridgehead atoms. The van der Waals surface area contributed by atoms with Gasteiger partial charge in [-0.2, -0.15) is 0 Å². The van der Waals surface area contributed by atoms with Gasteiger partial charge in [-0.05, 0) is 46.5 Å². The summed E-state index contributed by atoms with van der Waals surface area (Å²) in [5.41, 5.74) is 1.21. The molecule has 0 aliphatic rings. The van der Waals surface area contributed by atoms with Crippen LogP contribution in [0.4, 0.5) is 5.69 Å². The molecule has 6 nitrogen and oxygen atoms in total. The lowest BCUT2D eigenvalue weighted by molar-refractivity contribution is 0.0600. The fraction of sp³-hybridized carbons (Fsp3) is 0.143. The number of halogens is 1. The van der Waals surface area contributed by atoms with Crippen molar-refractivity contribution >= 4 is 45.3 Å². The Kier molecular flexibility index (Phi) is 5.51. The first kappa shape index (κ1) is 16.4. The zero-order valence-corrected chi connectivity index (χ0v) is 14.2. The number of amides is 1. The summed E-state index contributed by atoms with van der Waals surface area (Å²) in [7, 11) is 1.31. The van der Waals surface area contributed by atoms with E-state index < -0.39 is 5.97 Å². The van der Waals surface area contributed by atoms with E-state index in [1.165, 1.54) is 25.1 Å². The molecule has 1 heterocycles. The van der Waals surface area contributed by atoms with Crippen LogP contribution in [-0.2, 0) is 4.74 Å². The number of nitrogens with zero attached hydrogens (tertiary/aromatic N) is 2. The second-order valence-corrected chi connectivity index (χ2v) is 5.70. The molecule has 8 heteroatoms. The second kappa shape index (κ2) is 7.37. The van der Waals surface area contributed by atoms with Gasteiger partial charge in [0.05, 0.1) is 17.1 Å². The minimum absolute atomic E-state index is 0.247. The molecule has 0 saturated heterocycles. The lowest BCUT2D eigenvalue weighted by atomic mass is 10.2. The number of aromatic nitrogens is 2. The van der Waals surface area contributed by atoms with Crippen LogP contribution >= 0.6 is 27.7 Å². The molecule has 1 aromatic carbocycles. The van der Waals surface area contributed by atoms with E-state index >= 15 is 0 Å². The summed E-state index contributed by atoms with van der Waals surface area (Å²) in [5.74, 6) is -0.795. The number of carbonyl (C=O) groups is 2. The molecule has 2 aromatic rings. The predicted molar refractivity (Wildman–Crippen MR) is 87.2 cm³/mol. The first-order valence-electron chi connectivity index (χ1n) is 6.11. The van der Waals surface area contributed by atoms with Crippen molar-refractivity contribution in [2.75, 3.05) is 18.7 Å². The number of methoxy groups -OCH3 is 1. The van der Waals surface area contributed by atoms with Crippen LogP contribution in [0.3, 0.4) is 0 Å². The van der Waals surface area contributed by atoms with E-state index in [1.54, 1.807) is 24.3 Å². The van der Waals surface area contributed by atoms with Crippen LogP contribution in [0.25, 0.3) is 0 Å². The number of carbonyl (C=O) groups excluding carboxylic acids is 2. The minimum atomic E-state index is -0.430. The maximum Gasteiger partial charge on any atom is 0.337 e. The van der Waals surface area contributed by atoms with Gasteiger partial charge in [-0.25, -0.2) is 14.8 Å². The second-order valence-electron chi connectivity index (χ2n) is 4.08. The first-order valence-corrected chi connectivity index (χ1v) is 8.13. The summed E-state index contributed by atoms with van der Waals surface area (Å²) < 4.78 is 5.12. The Bertz CT molecular complexity index is 707. The van der Waals surface area contributed by atoms with Gasteiger partial charge in [-0.15, -0.1) is 0 Å². The van der Waals surface area contributed by atoms with Crippen LogP contribution in [0, 0.1) is 0 Å². The van der Waals surface area contributed by atoms with Gasteiger partial charge in [-0.1, -0.05) is 11.8 Å². The third kappa shape index (κ3) is 3.83. The smallest absolute Gasteiger partial charge is 0.337 e. The fourth-order valence-corrected chi connectivity index (χ4v) is 2.32. The lowest BCUT2D eigenvalue weighted by Gasteiger charge is -2.07. The molecule has 0 unspecified atom stereocenters. The zero-order valence-electron chi connectivity index (χ0n) is 11.8. The van der Waals surface area contributed by atoms with Crippen molar-refractivity contribution in [2.45, 2.75) is 5.16 Å². The van der Waals surface area contributed by atoms with Crippen molar-refractivity contribution in [2.24, 2.45) is 0 Å². The van der Waals surface area contributed by atoms with Crippen molar-refractivity contribution < 1.29 is 14.3 Å². The third-order valence-electron chi connectivity index (χ3n) is 2.68. The van der Waals surface area contributed by atoms with Crippen LogP contribution < -0.4 is 5.32 Å². The highest BCUT2D eigenvalue weighted by atomic mass is 79.9. The van der Waals surface area contributed by atoms with Gasteiger partial charge in [0.1, 0.15) is 5.69 Å². The molecule has 1 N–H and O–H groups in total. The maximum atomic E-state index is 12.2. The van der Waals surface area contributed by atoms with Gasteiger partial charge in [0.2, 0.25) is 0 Å². The van der Waals surface area contributed by atoms with Gasteiger partial charge in [0.25, 0.3) is 5.91 Å². The van der Waals surface area contributed by atoms with E-state index in [0.29, 0.717) is 20.9 Å². The molecular formula is C14H12BrN3O3S. The highest BCUT2D eigenvalue weighted by Gasteiger charge is 2.14. The molecule has 2 rings (SSSR count). The maximum absolute atomic E-state index is 12.2. The summed E-state index contributed by atoms with van der Waals surface area (Å²) >= 11 is 4.61. The fourth-order valence-electron chi connectivity index (χ4n) is 1.61. The Morgan fingerprint density at radius 1 is 1.27 bits per heavy atom. The van der Waals surface area contributed by atoms with E-state index in [4.69, 9.17) is 0 Å². The number of hydrogen-bond acceptors (Lipinski definition) is 6. The predicted octanol–water partition coefficient (Wildman–Crippen LogP) is 3.00. The number of anilines is 1. The molecule has 1 amide bonds. The van der Waals surface area contributed by atoms with E-state index in [-0.39, 0.29) is 11.6 Å². The Morgan fingerprint density at radius 3 is 2.55 bits per heavy atom. The summed E-state index contributed by atoms with van der Waals surface area (Å²) in [6, 6.07) is 6.39. The lowest BCUT2D eigenvalue weighted by Crippen LogP contribution is -2.15. The molecule has 0 atom stereocenters. The van der Waals surface area contributed by atoms with Crippen molar-refractivity contribution in [3.63, 3.8) is 0 Å². The van der Waals surface area contributed by atoms with Gasteiger partial charge in [0.15, 0.2) is 5.16 Å². The average molecular weight is 382 g/mol. The summed E-state index contributed by atoms with van der Waals surface area (Å²) in [4.78, 5) is 31.8. The van der Waals surface area contributed by atoms with E-state index in [2.05, 4.69) is 36.0 Å². The number of thioether (sulfide) groups is 1. The van der Waals surface area contributed by atoms with Crippen LogP contribution in [-0.4, -0.2) is 35.2 Å². The van der Waals surface area contributed by atoms with Crippen LogP contribution in [0.15, 0.2) is 40.1 Å². The van der Waals surface area contributed by atoms with Crippen molar-refractivity contribution in [3.8, 4) is 0 Å². The van der Waals surface area contributed by atoms with Gasteiger partial charge in [0, 0.05) is 11.9 Å². The molecule has 22 heavy (non-hydrogen) atoms. The number of hydrogen-bond donors (Lipinski definition) is 1. The largest absolute Gasteiger partial charge is 0.465 e. The van der Waals surface area contributed by atoms with E-state index in [0.717, 1.165) is 0 Å². The Balaban J connectivity index is 2.17. The molecule has 0 aliphatic carbocycles. The van der Waals surface area contributed by atoms with Gasteiger partial charge in [-0.3, -0.25) is 4.79 Å². The molecule has 114 valence electrons. The number of rotatable bonds is 4. The molecular weight excluding hydrogens is 370 g/mol. The molecule has 0 radical (unpaired) electrons. The normalized spacial score (nSPS) is 10.1. The topological polar surface area (TPSA) is 81.2 Å². The zero-order chi connectivity index (χ0) is 16.1. The standard InChI is InChI=1S/C14H12BrN3O3S/c1-21-13(20)8-3-5-9(6-4-8)17-12(19)11-10(15)7-16-14(18-11)22-2/h3-7H,1-2H3,(H,17,19). The summed E-state index contributed by atoms with van der Waals surface area (Å²) in [6.45, 7) is 0. The van der Waals surface area contributed by atoms with E-state index in [1.807, 2.05) is 6.26 Å². The van der Waals surface area contributed by atoms with Gasteiger partial charge < -0.3 is 10.1 Å². The van der Waals surface area contributed by atoms with Crippen molar-refractivity contribution in [1.29, 1.82) is 0 Å². The SMILES string of the molecule is COC(=O)c1ccc(NC(=O)c2nc(SC)ncc2Br)cc1. The molecule has 0 saturated carbocycles. The average Bonchev–Trinajstić information content (AvgIpc) is 2.55.